The lowest BCUT2D eigenvalue weighted by Gasteiger charge is -2.35. The zero-order valence-corrected chi connectivity index (χ0v) is 13.0. The number of ether oxygens (including phenoxy) is 1. The van der Waals surface area contributed by atoms with Gasteiger partial charge in [-0.25, -0.2) is 0 Å². The van der Waals surface area contributed by atoms with E-state index in [1.165, 1.54) is 7.11 Å². The highest BCUT2D eigenvalue weighted by atomic mass is 16.5. The minimum atomic E-state index is -0.305. The van der Waals surface area contributed by atoms with Gasteiger partial charge in [0.1, 0.15) is 6.54 Å². The molecule has 0 radical (unpaired) electrons. The molecule has 4 nitrogen and oxygen atoms in total. The lowest BCUT2D eigenvalue weighted by molar-refractivity contribution is -0.151. The standard InChI is InChI=1S/C16H27NO3/c1-16(2)10-6-9-13(16)15(19)17(11-14(18)20-3)12-7-4-5-8-12/h12-13H,4-11H2,1-3H3. The van der Waals surface area contributed by atoms with E-state index in [2.05, 4.69) is 13.8 Å². The molecule has 114 valence electrons. The summed E-state index contributed by atoms with van der Waals surface area (Å²) < 4.78 is 4.77. The van der Waals surface area contributed by atoms with Crippen LogP contribution in [-0.4, -0.2) is 36.5 Å². The fourth-order valence-corrected chi connectivity index (χ4v) is 3.79. The highest BCUT2D eigenvalue weighted by Gasteiger charge is 2.43. The Kier molecular flexibility index (Phi) is 4.71. The molecule has 2 fully saturated rings. The van der Waals surface area contributed by atoms with Gasteiger partial charge in [0.05, 0.1) is 7.11 Å². The first kappa shape index (κ1) is 15.3. The van der Waals surface area contributed by atoms with E-state index in [4.69, 9.17) is 4.74 Å². The third kappa shape index (κ3) is 3.15. The number of nitrogens with zero attached hydrogens (tertiary/aromatic N) is 1. The molecule has 0 spiro atoms. The number of methoxy groups -OCH3 is 1. The summed E-state index contributed by atoms with van der Waals surface area (Å²) in [5.41, 5.74) is 0.0596. The molecule has 4 heteroatoms. The van der Waals surface area contributed by atoms with Crippen LogP contribution in [0.5, 0.6) is 0 Å². The van der Waals surface area contributed by atoms with E-state index < -0.39 is 0 Å². The van der Waals surface area contributed by atoms with Crippen molar-refractivity contribution in [1.82, 2.24) is 4.90 Å². The molecule has 0 aliphatic heterocycles. The molecular weight excluding hydrogens is 254 g/mol. The molecule has 1 unspecified atom stereocenters. The van der Waals surface area contributed by atoms with Gasteiger partial charge in [0.2, 0.25) is 5.91 Å². The van der Waals surface area contributed by atoms with E-state index in [-0.39, 0.29) is 35.8 Å². The third-order valence-corrected chi connectivity index (χ3v) is 5.13. The van der Waals surface area contributed by atoms with Crippen molar-refractivity contribution < 1.29 is 14.3 Å². The summed E-state index contributed by atoms with van der Waals surface area (Å²) in [5, 5.41) is 0. The van der Waals surface area contributed by atoms with Gasteiger partial charge in [-0.1, -0.05) is 33.1 Å². The maximum Gasteiger partial charge on any atom is 0.325 e. The fourth-order valence-electron chi connectivity index (χ4n) is 3.79. The lowest BCUT2D eigenvalue weighted by atomic mass is 9.81. The first-order valence-corrected chi connectivity index (χ1v) is 7.83. The van der Waals surface area contributed by atoms with Gasteiger partial charge in [-0.15, -0.1) is 0 Å². The zero-order chi connectivity index (χ0) is 14.8. The minimum absolute atomic E-state index is 0.0596. The van der Waals surface area contributed by atoms with Crippen molar-refractivity contribution in [2.24, 2.45) is 11.3 Å². The average Bonchev–Trinajstić information content (AvgIpc) is 3.03. The molecule has 20 heavy (non-hydrogen) atoms. The predicted molar refractivity (Wildman–Crippen MR) is 77.1 cm³/mol. The van der Waals surface area contributed by atoms with E-state index in [9.17, 15) is 9.59 Å². The molecule has 2 saturated carbocycles. The van der Waals surface area contributed by atoms with Gasteiger partial charge in [0, 0.05) is 12.0 Å². The molecule has 2 aliphatic carbocycles. The summed E-state index contributed by atoms with van der Waals surface area (Å²) >= 11 is 0. The summed E-state index contributed by atoms with van der Waals surface area (Å²) in [6.45, 7) is 4.47. The number of rotatable bonds is 4. The Morgan fingerprint density at radius 3 is 2.30 bits per heavy atom. The van der Waals surface area contributed by atoms with E-state index >= 15 is 0 Å². The monoisotopic (exact) mass is 281 g/mol. The van der Waals surface area contributed by atoms with Gasteiger partial charge in [-0.3, -0.25) is 9.59 Å². The number of hydrogen-bond acceptors (Lipinski definition) is 3. The number of esters is 1. The fraction of sp³-hybridized carbons (Fsp3) is 0.875. The molecular formula is C16H27NO3. The van der Waals surface area contributed by atoms with E-state index in [0.29, 0.717) is 0 Å². The van der Waals surface area contributed by atoms with Gasteiger partial charge in [0.15, 0.2) is 0 Å². The van der Waals surface area contributed by atoms with Crippen LogP contribution in [0.2, 0.25) is 0 Å². The molecule has 1 atom stereocenters. The Morgan fingerprint density at radius 1 is 1.15 bits per heavy atom. The molecule has 0 aromatic rings. The second-order valence-electron chi connectivity index (χ2n) is 6.91. The molecule has 0 saturated heterocycles. The maximum atomic E-state index is 12.9. The molecule has 0 aromatic carbocycles. The van der Waals surface area contributed by atoms with Gasteiger partial charge in [-0.05, 0) is 31.1 Å². The summed E-state index contributed by atoms with van der Waals surface area (Å²) in [7, 11) is 1.39. The van der Waals surface area contributed by atoms with E-state index in [0.717, 1.165) is 44.9 Å². The van der Waals surface area contributed by atoms with Crippen LogP contribution in [0.1, 0.15) is 58.8 Å². The normalized spacial score (nSPS) is 25.6. The number of carbonyl (C=O) groups is 2. The highest BCUT2D eigenvalue weighted by Crippen LogP contribution is 2.44. The quantitative estimate of drug-likeness (QED) is 0.744. The number of amides is 1. The van der Waals surface area contributed by atoms with E-state index in [1.54, 1.807) is 0 Å². The molecule has 1 amide bonds. The van der Waals surface area contributed by atoms with Gasteiger partial charge >= 0.3 is 5.97 Å². The maximum absolute atomic E-state index is 12.9. The SMILES string of the molecule is COC(=O)CN(C(=O)C1CCCC1(C)C)C1CCCC1. The van der Waals surface area contributed by atoms with Crippen molar-refractivity contribution >= 4 is 11.9 Å². The van der Waals surface area contributed by atoms with Crippen molar-refractivity contribution in [2.75, 3.05) is 13.7 Å². The summed E-state index contributed by atoms with van der Waals surface area (Å²) in [6, 6.07) is 0.234. The topological polar surface area (TPSA) is 46.6 Å². The molecule has 0 N–H and O–H groups in total. The van der Waals surface area contributed by atoms with Crippen LogP contribution < -0.4 is 0 Å². The Labute approximate surface area is 121 Å². The van der Waals surface area contributed by atoms with Crippen LogP contribution in [-0.2, 0) is 14.3 Å². The third-order valence-electron chi connectivity index (χ3n) is 5.13. The number of carbonyl (C=O) groups excluding carboxylic acids is 2. The Morgan fingerprint density at radius 2 is 1.80 bits per heavy atom. The van der Waals surface area contributed by atoms with Crippen LogP contribution >= 0.6 is 0 Å². The van der Waals surface area contributed by atoms with Crippen LogP contribution in [0.15, 0.2) is 0 Å². The summed E-state index contributed by atoms with van der Waals surface area (Å²) in [5.74, 6) is -0.0707. The number of hydrogen-bond donors (Lipinski definition) is 0. The Bertz CT molecular complexity index is 372. The van der Waals surface area contributed by atoms with Crippen LogP contribution in [0, 0.1) is 11.3 Å². The van der Waals surface area contributed by atoms with Crippen molar-refractivity contribution in [2.45, 2.75) is 64.8 Å². The lowest BCUT2D eigenvalue weighted by Crippen LogP contribution is -2.47. The van der Waals surface area contributed by atoms with Crippen LogP contribution in [0.3, 0.4) is 0 Å². The van der Waals surface area contributed by atoms with Crippen molar-refractivity contribution in [3.8, 4) is 0 Å². The van der Waals surface area contributed by atoms with Crippen molar-refractivity contribution in [1.29, 1.82) is 0 Å². The zero-order valence-electron chi connectivity index (χ0n) is 13.0. The van der Waals surface area contributed by atoms with Gasteiger partial charge < -0.3 is 9.64 Å². The first-order valence-electron chi connectivity index (χ1n) is 7.83. The first-order chi connectivity index (χ1) is 9.45. The van der Waals surface area contributed by atoms with Crippen LogP contribution in [0.25, 0.3) is 0 Å². The second kappa shape index (κ2) is 6.15. The largest absolute Gasteiger partial charge is 0.468 e. The Hall–Kier alpha value is -1.06. The minimum Gasteiger partial charge on any atom is -0.468 e. The Balaban J connectivity index is 2.12. The highest BCUT2D eigenvalue weighted by molar-refractivity contribution is 5.84. The smallest absolute Gasteiger partial charge is 0.325 e. The summed E-state index contributed by atoms with van der Waals surface area (Å²) in [6.07, 6.45) is 7.52. The molecule has 2 aliphatic rings. The van der Waals surface area contributed by atoms with Crippen molar-refractivity contribution in [3.63, 3.8) is 0 Å². The average molecular weight is 281 g/mol. The van der Waals surface area contributed by atoms with Gasteiger partial charge in [0.25, 0.3) is 0 Å². The van der Waals surface area contributed by atoms with Crippen molar-refractivity contribution in [3.05, 3.63) is 0 Å². The molecule has 0 heterocycles. The molecule has 2 rings (SSSR count). The molecule has 0 aromatic heterocycles. The van der Waals surface area contributed by atoms with Gasteiger partial charge in [-0.2, -0.15) is 0 Å². The van der Waals surface area contributed by atoms with E-state index in [1.807, 2.05) is 4.90 Å². The summed E-state index contributed by atoms with van der Waals surface area (Å²) in [4.78, 5) is 26.4. The van der Waals surface area contributed by atoms with Crippen LogP contribution in [0.4, 0.5) is 0 Å². The second-order valence-corrected chi connectivity index (χ2v) is 6.91. The molecule has 0 bridgehead atoms. The predicted octanol–water partition coefficient (Wildman–Crippen LogP) is 2.76.